The van der Waals surface area contributed by atoms with Gasteiger partial charge in [-0.25, -0.2) is 13.1 Å². The van der Waals surface area contributed by atoms with Crippen LogP contribution < -0.4 is 4.72 Å². The third-order valence-electron chi connectivity index (χ3n) is 2.46. The van der Waals surface area contributed by atoms with Crippen LogP contribution in [0.4, 0.5) is 0 Å². The molecular weight excluding hydrogens is 314 g/mol. The van der Waals surface area contributed by atoms with Crippen molar-refractivity contribution in [1.82, 2.24) is 4.72 Å². The largest absolute Gasteiger partial charge is 0.240 e. The highest BCUT2D eigenvalue weighted by Crippen LogP contribution is 2.29. The minimum absolute atomic E-state index is 0.240. The van der Waals surface area contributed by atoms with Crippen molar-refractivity contribution in [1.29, 1.82) is 0 Å². The van der Waals surface area contributed by atoms with Crippen LogP contribution in [0.2, 0.25) is 5.02 Å². The van der Waals surface area contributed by atoms with Gasteiger partial charge in [-0.05, 0) is 52.9 Å². The number of rotatable bonds is 4. The molecule has 0 heterocycles. The van der Waals surface area contributed by atoms with Crippen LogP contribution in [0.5, 0.6) is 0 Å². The number of hydrogen-bond acceptors (Lipinski definition) is 2. The summed E-state index contributed by atoms with van der Waals surface area (Å²) in [4.78, 5) is 0.240. The van der Waals surface area contributed by atoms with Crippen molar-refractivity contribution in [3.8, 4) is 0 Å². The Morgan fingerprint density at radius 3 is 2.69 bits per heavy atom. The summed E-state index contributed by atoms with van der Waals surface area (Å²) < 4.78 is 26.9. The molecular formula is C10H11BrClNO2S. The molecule has 0 saturated heterocycles. The lowest BCUT2D eigenvalue weighted by atomic mass is 10.4. The van der Waals surface area contributed by atoms with Crippen LogP contribution in [0.25, 0.3) is 0 Å². The fourth-order valence-electron chi connectivity index (χ4n) is 1.28. The van der Waals surface area contributed by atoms with E-state index in [1.165, 1.54) is 12.1 Å². The Hall–Kier alpha value is -0.100. The minimum Gasteiger partial charge on any atom is -0.211 e. The summed E-state index contributed by atoms with van der Waals surface area (Å²) in [6.07, 6.45) is 2.24. The third kappa shape index (κ3) is 2.97. The summed E-state index contributed by atoms with van der Waals surface area (Å²) in [6, 6.07) is 4.58. The average Bonchev–Trinajstić information content (AvgIpc) is 3.03. The molecule has 1 aromatic carbocycles. The van der Waals surface area contributed by atoms with E-state index in [0.29, 0.717) is 22.0 Å². The monoisotopic (exact) mass is 323 g/mol. The predicted octanol–water partition coefficient (Wildman–Crippen LogP) is 2.79. The fourth-order valence-corrected chi connectivity index (χ4v) is 3.07. The fraction of sp³-hybridized carbons (Fsp3) is 0.400. The Kier molecular flexibility index (Phi) is 3.59. The van der Waals surface area contributed by atoms with Gasteiger partial charge in [0.2, 0.25) is 10.0 Å². The maximum Gasteiger partial charge on any atom is 0.240 e. The molecule has 0 aliphatic heterocycles. The van der Waals surface area contributed by atoms with Crippen molar-refractivity contribution in [2.45, 2.75) is 17.7 Å². The second-order valence-corrected chi connectivity index (χ2v) is 6.90. The van der Waals surface area contributed by atoms with Crippen LogP contribution in [-0.2, 0) is 10.0 Å². The zero-order chi connectivity index (χ0) is 11.8. The molecule has 1 saturated carbocycles. The smallest absolute Gasteiger partial charge is 0.211 e. The molecule has 1 aliphatic rings. The van der Waals surface area contributed by atoms with E-state index in [1.54, 1.807) is 6.07 Å². The number of halogens is 2. The lowest BCUT2D eigenvalue weighted by Crippen LogP contribution is -2.25. The quantitative estimate of drug-likeness (QED) is 0.925. The summed E-state index contributed by atoms with van der Waals surface area (Å²) >= 11 is 9.01. The second kappa shape index (κ2) is 4.64. The Balaban J connectivity index is 2.17. The van der Waals surface area contributed by atoms with Gasteiger partial charge in [-0.2, -0.15) is 0 Å². The maximum atomic E-state index is 11.9. The van der Waals surface area contributed by atoms with Crippen molar-refractivity contribution in [3.05, 3.63) is 27.7 Å². The van der Waals surface area contributed by atoms with Crippen LogP contribution >= 0.6 is 27.5 Å². The molecule has 0 bridgehead atoms. The van der Waals surface area contributed by atoms with Crippen molar-refractivity contribution in [3.63, 3.8) is 0 Å². The summed E-state index contributed by atoms with van der Waals surface area (Å²) in [7, 11) is -3.39. The van der Waals surface area contributed by atoms with E-state index in [-0.39, 0.29) is 4.90 Å². The average molecular weight is 325 g/mol. The van der Waals surface area contributed by atoms with E-state index in [1.807, 2.05) is 0 Å². The second-order valence-electron chi connectivity index (χ2n) is 3.87. The van der Waals surface area contributed by atoms with E-state index >= 15 is 0 Å². The molecule has 0 spiro atoms. The molecule has 0 atom stereocenters. The third-order valence-corrected chi connectivity index (χ3v) is 5.10. The number of hydrogen-bond donors (Lipinski definition) is 1. The molecule has 2 rings (SSSR count). The molecule has 3 nitrogen and oxygen atoms in total. The standard InChI is InChI=1S/C10H11BrClNO2S/c11-9-5-8(3-4-10(9)12)16(14,15)13-6-7-1-2-7/h3-5,7,13H,1-2,6H2. The van der Waals surface area contributed by atoms with Crippen LogP contribution in [0.15, 0.2) is 27.6 Å². The summed E-state index contributed by atoms with van der Waals surface area (Å²) in [5.41, 5.74) is 0. The lowest BCUT2D eigenvalue weighted by Gasteiger charge is -2.06. The van der Waals surface area contributed by atoms with Gasteiger partial charge < -0.3 is 0 Å². The SMILES string of the molecule is O=S(=O)(NCC1CC1)c1ccc(Cl)c(Br)c1. The highest BCUT2D eigenvalue weighted by Gasteiger charge is 2.24. The van der Waals surface area contributed by atoms with Gasteiger partial charge in [0, 0.05) is 11.0 Å². The maximum absolute atomic E-state index is 11.9. The molecule has 16 heavy (non-hydrogen) atoms. The normalized spacial score (nSPS) is 16.4. The number of nitrogens with one attached hydrogen (secondary N) is 1. The highest BCUT2D eigenvalue weighted by molar-refractivity contribution is 9.10. The molecule has 1 aromatic rings. The van der Waals surface area contributed by atoms with Crippen molar-refractivity contribution in [2.24, 2.45) is 5.92 Å². The number of benzene rings is 1. The lowest BCUT2D eigenvalue weighted by molar-refractivity contribution is 0.577. The Morgan fingerprint density at radius 1 is 1.44 bits per heavy atom. The molecule has 1 aliphatic carbocycles. The number of sulfonamides is 1. The Labute approximate surface area is 108 Å². The first-order valence-electron chi connectivity index (χ1n) is 4.94. The summed E-state index contributed by atoms with van der Waals surface area (Å²) in [5.74, 6) is 0.519. The minimum atomic E-state index is -3.39. The highest BCUT2D eigenvalue weighted by atomic mass is 79.9. The molecule has 0 radical (unpaired) electrons. The molecule has 0 unspecified atom stereocenters. The first-order chi connectivity index (χ1) is 7.49. The van der Waals surface area contributed by atoms with E-state index in [9.17, 15) is 8.42 Å². The first-order valence-corrected chi connectivity index (χ1v) is 7.59. The van der Waals surface area contributed by atoms with Gasteiger partial charge in [-0.3, -0.25) is 0 Å². The van der Waals surface area contributed by atoms with Gasteiger partial charge in [0.15, 0.2) is 0 Å². The van der Waals surface area contributed by atoms with E-state index in [0.717, 1.165) is 12.8 Å². The molecule has 6 heteroatoms. The Morgan fingerprint density at radius 2 is 2.12 bits per heavy atom. The molecule has 88 valence electrons. The van der Waals surface area contributed by atoms with E-state index < -0.39 is 10.0 Å². The molecule has 0 amide bonds. The van der Waals surface area contributed by atoms with Crippen molar-refractivity contribution >= 4 is 37.6 Å². The summed E-state index contributed by atoms with van der Waals surface area (Å²) in [6.45, 7) is 0.530. The molecule has 1 fully saturated rings. The summed E-state index contributed by atoms with van der Waals surface area (Å²) in [5, 5.41) is 0.501. The van der Waals surface area contributed by atoms with Crippen LogP contribution in [-0.4, -0.2) is 15.0 Å². The zero-order valence-electron chi connectivity index (χ0n) is 8.41. The van der Waals surface area contributed by atoms with E-state index in [4.69, 9.17) is 11.6 Å². The van der Waals surface area contributed by atoms with Crippen LogP contribution in [0.3, 0.4) is 0 Å². The molecule has 1 N–H and O–H groups in total. The van der Waals surface area contributed by atoms with Crippen molar-refractivity contribution in [2.75, 3.05) is 6.54 Å². The topological polar surface area (TPSA) is 46.2 Å². The Bertz CT molecular complexity index is 500. The predicted molar refractivity (Wildman–Crippen MR) is 67.1 cm³/mol. The van der Waals surface area contributed by atoms with Gasteiger partial charge in [-0.1, -0.05) is 11.6 Å². The van der Waals surface area contributed by atoms with Crippen molar-refractivity contribution < 1.29 is 8.42 Å². The van der Waals surface area contributed by atoms with Gasteiger partial charge in [0.05, 0.1) is 9.92 Å². The first kappa shape index (κ1) is 12.4. The van der Waals surface area contributed by atoms with Gasteiger partial charge >= 0.3 is 0 Å². The van der Waals surface area contributed by atoms with Crippen LogP contribution in [0.1, 0.15) is 12.8 Å². The van der Waals surface area contributed by atoms with Gasteiger partial charge in [-0.15, -0.1) is 0 Å². The molecule has 0 aromatic heterocycles. The van der Waals surface area contributed by atoms with Gasteiger partial charge in [0.1, 0.15) is 0 Å². The van der Waals surface area contributed by atoms with E-state index in [2.05, 4.69) is 20.7 Å². The zero-order valence-corrected chi connectivity index (χ0v) is 11.6. The van der Waals surface area contributed by atoms with Gasteiger partial charge in [0.25, 0.3) is 0 Å². The van der Waals surface area contributed by atoms with Crippen LogP contribution in [0, 0.1) is 5.92 Å².